The topological polar surface area (TPSA) is 151 Å². The van der Waals surface area contributed by atoms with Crippen molar-refractivity contribution in [2.45, 2.75) is 59.3 Å². The number of carbonyl (C=O) groups excluding carboxylic acids is 3. The highest BCUT2D eigenvalue weighted by Crippen LogP contribution is 2.27. The fourth-order valence-electron chi connectivity index (χ4n) is 2.63. The Bertz CT molecular complexity index is 698. The van der Waals surface area contributed by atoms with Crippen LogP contribution in [0.4, 0.5) is 10.5 Å². The summed E-state index contributed by atoms with van der Waals surface area (Å²) in [5, 5.41) is 21.7. The van der Waals surface area contributed by atoms with Crippen LogP contribution in [-0.4, -0.2) is 37.5 Å². The molecule has 0 saturated carbocycles. The zero-order chi connectivity index (χ0) is 23.1. The van der Waals surface area contributed by atoms with E-state index in [1.165, 1.54) is 11.1 Å². The number of carboxylic acid groups (broad SMARTS) is 2. The van der Waals surface area contributed by atoms with Crippen molar-refractivity contribution in [1.29, 1.82) is 0 Å². The molecule has 9 nitrogen and oxygen atoms in total. The van der Waals surface area contributed by atoms with Crippen molar-refractivity contribution in [1.82, 2.24) is 5.32 Å². The first-order valence-electron chi connectivity index (χ1n) is 10.0. The summed E-state index contributed by atoms with van der Waals surface area (Å²) < 4.78 is 0. The number of urea groups is 1. The standard InChI is InChI=1S/C17H28N4O.C4H6O4/c1-5-8-12-21(17(22)20-16(18)19-4)15-13(6-2)10-9-11-14(15)7-3;5-3(6)1-2-4(7)8/h9-11H,5-8,12H2,1-4H3,(H3,18,19,20,22);1-2H2,(H,5,6)(H,7,8)/p-2. The third-order valence-corrected chi connectivity index (χ3v) is 4.22. The number of hydrogen-bond donors (Lipinski definition) is 2. The average molecular weight is 421 g/mol. The number of nitrogens with zero attached hydrogens (tertiary/aromatic N) is 2. The number of para-hydroxylation sites is 1. The van der Waals surface area contributed by atoms with Crippen molar-refractivity contribution in [2.75, 3.05) is 18.5 Å². The molecule has 0 bridgehead atoms. The van der Waals surface area contributed by atoms with Gasteiger partial charge in [0.15, 0.2) is 5.96 Å². The largest absolute Gasteiger partial charge is 0.550 e. The molecule has 9 heteroatoms. The quantitative estimate of drug-likeness (QED) is 0.434. The number of rotatable bonds is 9. The molecular formula is C21H32N4O5-2. The third-order valence-electron chi connectivity index (χ3n) is 4.22. The number of carboxylic acids is 2. The van der Waals surface area contributed by atoms with Gasteiger partial charge >= 0.3 is 6.03 Å². The number of guanidine groups is 1. The Hall–Kier alpha value is -3.10. The van der Waals surface area contributed by atoms with E-state index in [1.54, 1.807) is 11.9 Å². The van der Waals surface area contributed by atoms with Gasteiger partial charge in [0.25, 0.3) is 0 Å². The smallest absolute Gasteiger partial charge is 0.328 e. The van der Waals surface area contributed by atoms with E-state index in [9.17, 15) is 24.6 Å². The van der Waals surface area contributed by atoms with Crippen LogP contribution in [0.3, 0.4) is 0 Å². The molecule has 168 valence electrons. The average Bonchev–Trinajstić information content (AvgIpc) is 2.72. The Morgan fingerprint density at radius 1 is 1.03 bits per heavy atom. The van der Waals surface area contributed by atoms with E-state index in [0.29, 0.717) is 6.54 Å². The zero-order valence-electron chi connectivity index (χ0n) is 18.2. The predicted octanol–water partition coefficient (Wildman–Crippen LogP) is 0.338. The molecule has 0 saturated heterocycles. The first-order chi connectivity index (χ1) is 14.2. The lowest BCUT2D eigenvalue weighted by atomic mass is 10.0. The van der Waals surface area contributed by atoms with Gasteiger partial charge in [-0.05, 0) is 43.2 Å². The summed E-state index contributed by atoms with van der Waals surface area (Å²) in [6.45, 7) is 7.00. The van der Waals surface area contributed by atoms with Gasteiger partial charge in [0.1, 0.15) is 0 Å². The number of nitrogens with two attached hydrogens (primary N) is 1. The Morgan fingerprint density at radius 3 is 1.90 bits per heavy atom. The summed E-state index contributed by atoms with van der Waals surface area (Å²) in [5.41, 5.74) is 9.02. The number of hydrogen-bond acceptors (Lipinski definition) is 6. The zero-order valence-corrected chi connectivity index (χ0v) is 18.2. The summed E-state index contributed by atoms with van der Waals surface area (Å²) in [6, 6.07) is 6.00. The van der Waals surface area contributed by atoms with Crippen LogP contribution in [0.15, 0.2) is 23.2 Å². The van der Waals surface area contributed by atoms with E-state index < -0.39 is 24.8 Å². The second kappa shape index (κ2) is 14.8. The summed E-state index contributed by atoms with van der Waals surface area (Å²) in [5.74, 6) is -2.60. The Morgan fingerprint density at radius 2 is 1.53 bits per heavy atom. The van der Waals surface area contributed by atoms with Crippen LogP contribution in [-0.2, 0) is 22.4 Å². The van der Waals surface area contributed by atoms with E-state index in [4.69, 9.17) is 5.73 Å². The van der Waals surface area contributed by atoms with Crippen molar-refractivity contribution in [2.24, 2.45) is 10.7 Å². The number of amides is 2. The lowest BCUT2D eigenvalue weighted by Gasteiger charge is -2.27. The molecule has 1 rings (SSSR count). The van der Waals surface area contributed by atoms with Gasteiger partial charge < -0.3 is 25.5 Å². The molecule has 0 spiro atoms. The lowest BCUT2D eigenvalue weighted by Crippen LogP contribution is -2.47. The number of carbonyl (C=O) groups is 3. The SMILES string of the molecule is CCCCN(C(=O)NC(N)=NC)c1c(CC)cccc1CC.O=C([O-])CCC(=O)[O-]. The van der Waals surface area contributed by atoms with E-state index in [-0.39, 0.29) is 12.0 Å². The molecule has 1 aromatic carbocycles. The minimum absolute atomic E-state index is 0.138. The lowest BCUT2D eigenvalue weighted by molar-refractivity contribution is -0.315. The van der Waals surface area contributed by atoms with Crippen molar-refractivity contribution >= 4 is 29.6 Å². The van der Waals surface area contributed by atoms with Gasteiger partial charge in [-0.1, -0.05) is 45.4 Å². The van der Waals surface area contributed by atoms with Crippen LogP contribution in [0.1, 0.15) is 57.6 Å². The summed E-state index contributed by atoms with van der Waals surface area (Å²) in [6.07, 6.45) is 2.80. The molecule has 0 aliphatic rings. The second-order valence-corrected chi connectivity index (χ2v) is 6.42. The predicted molar refractivity (Wildman–Crippen MR) is 113 cm³/mol. The number of aliphatic imine (C=N–C) groups is 1. The van der Waals surface area contributed by atoms with Crippen LogP contribution in [0.2, 0.25) is 0 Å². The first-order valence-corrected chi connectivity index (χ1v) is 10.0. The van der Waals surface area contributed by atoms with Crippen LogP contribution in [0.25, 0.3) is 0 Å². The molecule has 3 N–H and O–H groups in total. The number of benzene rings is 1. The van der Waals surface area contributed by atoms with Gasteiger partial charge in [-0.15, -0.1) is 0 Å². The minimum atomic E-state index is -1.37. The number of nitrogens with one attached hydrogen (secondary N) is 1. The normalized spacial score (nSPS) is 10.6. The number of aliphatic carboxylic acids is 2. The number of unbranched alkanes of at least 4 members (excludes halogenated alkanes) is 1. The molecule has 30 heavy (non-hydrogen) atoms. The van der Waals surface area contributed by atoms with Crippen LogP contribution in [0, 0.1) is 0 Å². The van der Waals surface area contributed by atoms with Crippen molar-refractivity contribution in [3.8, 4) is 0 Å². The van der Waals surface area contributed by atoms with Crippen LogP contribution < -0.4 is 26.2 Å². The Labute approximate surface area is 178 Å². The Kier molecular flexibility index (Phi) is 13.3. The maximum Gasteiger partial charge on any atom is 0.328 e. The van der Waals surface area contributed by atoms with Gasteiger partial charge in [-0.3, -0.25) is 15.2 Å². The van der Waals surface area contributed by atoms with Gasteiger partial charge in [0.05, 0.1) is 5.69 Å². The second-order valence-electron chi connectivity index (χ2n) is 6.42. The first kappa shape index (κ1) is 26.9. The fraction of sp³-hybridized carbons (Fsp3) is 0.524. The van der Waals surface area contributed by atoms with Gasteiger partial charge in [0.2, 0.25) is 0 Å². The van der Waals surface area contributed by atoms with Crippen molar-refractivity contribution in [3.63, 3.8) is 0 Å². The van der Waals surface area contributed by atoms with E-state index in [2.05, 4.69) is 49.3 Å². The molecule has 1 aromatic rings. The highest BCUT2D eigenvalue weighted by Gasteiger charge is 2.21. The van der Waals surface area contributed by atoms with Crippen LogP contribution in [0.5, 0.6) is 0 Å². The van der Waals surface area contributed by atoms with E-state index in [1.807, 2.05) is 0 Å². The monoisotopic (exact) mass is 420 g/mol. The fourth-order valence-corrected chi connectivity index (χ4v) is 2.63. The summed E-state index contributed by atoms with van der Waals surface area (Å²) in [4.78, 5) is 37.2. The third kappa shape index (κ3) is 9.90. The molecule has 0 unspecified atom stereocenters. The highest BCUT2D eigenvalue weighted by molar-refractivity contribution is 6.04. The molecule has 2 amide bonds. The maximum absolute atomic E-state index is 12.6. The molecule has 0 heterocycles. The van der Waals surface area contributed by atoms with Crippen molar-refractivity contribution in [3.05, 3.63) is 29.3 Å². The number of anilines is 1. The molecule has 0 aliphatic heterocycles. The maximum atomic E-state index is 12.6. The molecule has 0 fully saturated rings. The minimum Gasteiger partial charge on any atom is -0.550 e. The molecular weight excluding hydrogens is 388 g/mol. The Balaban J connectivity index is 0.000000890. The van der Waals surface area contributed by atoms with Gasteiger partial charge in [-0.25, -0.2) is 4.79 Å². The van der Waals surface area contributed by atoms with E-state index >= 15 is 0 Å². The molecule has 0 aliphatic carbocycles. The van der Waals surface area contributed by atoms with Crippen LogP contribution >= 0.6 is 0 Å². The molecule has 0 aromatic heterocycles. The number of aryl methyl sites for hydroxylation is 2. The molecule has 0 atom stereocenters. The van der Waals surface area contributed by atoms with Crippen molar-refractivity contribution < 1.29 is 24.6 Å². The van der Waals surface area contributed by atoms with E-state index in [0.717, 1.165) is 31.4 Å². The van der Waals surface area contributed by atoms with Gasteiger partial charge in [-0.2, -0.15) is 0 Å². The van der Waals surface area contributed by atoms with Gasteiger partial charge in [0, 0.05) is 25.5 Å². The summed E-state index contributed by atoms with van der Waals surface area (Å²) in [7, 11) is 1.56. The molecule has 0 radical (unpaired) electrons. The highest BCUT2D eigenvalue weighted by atomic mass is 16.4. The summed E-state index contributed by atoms with van der Waals surface area (Å²) >= 11 is 0.